The average molecular weight is 315 g/mol. The number of rotatable bonds is 4. The predicted octanol–water partition coefficient (Wildman–Crippen LogP) is 1.10. The number of ether oxygens (including phenoxy) is 2. The van der Waals surface area contributed by atoms with Gasteiger partial charge in [-0.15, -0.1) is 0 Å². The Balaban J connectivity index is 2.35. The van der Waals surface area contributed by atoms with E-state index in [1.54, 1.807) is 12.1 Å². The molecular formula is C14H21NO5S. The van der Waals surface area contributed by atoms with Gasteiger partial charge in [0.1, 0.15) is 16.4 Å². The van der Waals surface area contributed by atoms with Crippen LogP contribution in [0.3, 0.4) is 0 Å². The molecule has 0 radical (unpaired) electrons. The molecule has 1 aliphatic rings. The molecular weight excluding hydrogens is 294 g/mol. The van der Waals surface area contributed by atoms with Gasteiger partial charge in [0.15, 0.2) is 0 Å². The van der Waals surface area contributed by atoms with Crippen LogP contribution in [0.2, 0.25) is 0 Å². The quantitative estimate of drug-likeness (QED) is 0.900. The van der Waals surface area contributed by atoms with Gasteiger partial charge in [-0.05, 0) is 24.5 Å². The van der Waals surface area contributed by atoms with E-state index in [9.17, 15) is 13.5 Å². The first-order valence-electron chi connectivity index (χ1n) is 6.80. The van der Waals surface area contributed by atoms with Crippen LogP contribution >= 0.6 is 0 Å². The molecule has 2 rings (SSSR count). The summed E-state index contributed by atoms with van der Waals surface area (Å²) in [5.74, 6) is 0.708. The van der Waals surface area contributed by atoms with E-state index in [1.807, 2.05) is 6.92 Å². The van der Waals surface area contributed by atoms with Crippen LogP contribution in [0.25, 0.3) is 0 Å². The molecule has 1 aliphatic heterocycles. The lowest BCUT2D eigenvalue weighted by Gasteiger charge is -2.33. The number of aliphatic hydroxyl groups is 1. The molecule has 0 spiro atoms. The number of benzene rings is 1. The number of methoxy groups -OCH3 is 2. The summed E-state index contributed by atoms with van der Waals surface area (Å²) in [5.41, 5.74) is 0. The molecule has 0 bridgehead atoms. The number of nitrogens with zero attached hydrogens (tertiary/aromatic N) is 1. The third kappa shape index (κ3) is 3.14. The van der Waals surface area contributed by atoms with Crippen molar-refractivity contribution in [2.45, 2.75) is 24.3 Å². The normalized spacial score (nSPS) is 23.8. The van der Waals surface area contributed by atoms with Gasteiger partial charge in [0.2, 0.25) is 10.0 Å². The highest BCUT2D eigenvalue weighted by atomic mass is 32.2. The Bertz CT molecular complexity index is 601. The van der Waals surface area contributed by atoms with Crippen LogP contribution in [-0.4, -0.2) is 51.2 Å². The molecule has 1 saturated heterocycles. The SMILES string of the molecule is COc1ccc(S(=O)(=O)N2CCC(O)C(C)C2)c(OC)c1. The third-order valence-electron chi connectivity index (χ3n) is 3.81. The zero-order chi connectivity index (χ0) is 15.6. The molecule has 21 heavy (non-hydrogen) atoms. The van der Waals surface area contributed by atoms with Crippen molar-refractivity contribution in [2.24, 2.45) is 5.92 Å². The Morgan fingerprint density at radius 1 is 1.29 bits per heavy atom. The van der Waals surface area contributed by atoms with Gasteiger partial charge >= 0.3 is 0 Å². The summed E-state index contributed by atoms with van der Waals surface area (Å²) in [5, 5.41) is 9.74. The summed E-state index contributed by atoms with van der Waals surface area (Å²) in [6.07, 6.45) is -0.00648. The second-order valence-corrected chi connectivity index (χ2v) is 7.12. The molecule has 0 aliphatic carbocycles. The Labute approximate surface area is 125 Å². The molecule has 1 fully saturated rings. The standard InChI is InChI=1S/C14H21NO5S/c1-10-9-15(7-6-12(10)16)21(17,18)14-5-4-11(19-2)8-13(14)20-3/h4-5,8,10,12,16H,6-7,9H2,1-3H3. The second kappa shape index (κ2) is 6.21. The topological polar surface area (TPSA) is 76.1 Å². The molecule has 118 valence electrons. The van der Waals surface area contributed by atoms with Crippen LogP contribution in [0.4, 0.5) is 0 Å². The molecule has 6 nitrogen and oxygen atoms in total. The highest BCUT2D eigenvalue weighted by molar-refractivity contribution is 7.89. The molecule has 7 heteroatoms. The van der Waals surface area contributed by atoms with Crippen LogP contribution < -0.4 is 9.47 Å². The van der Waals surface area contributed by atoms with E-state index >= 15 is 0 Å². The van der Waals surface area contributed by atoms with E-state index in [4.69, 9.17) is 9.47 Å². The fraction of sp³-hybridized carbons (Fsp3) is 0.571. The van der Waals surface area contributed by atoms with E-state index in [2.05, 4.69) is 0 Å². The van der Waals surface area contributed by atoms with Crippen LogP contribution in [0, 0.1) is 5.92 Å². The number of hydrogen-bond donors (Lipinski definition) is 1. The fourth-order valence-electron chi connectivity index (χ4n) is 2.44. The van der Waals surface area contributed by atoms with Crippen molar-refractivity contribution in [1.82, 2.24) is 4.31 Å². The van der Waals surface area contributed by atoms with Gasteiger partial charge in [0.25, 0.3) is 0 Å². The summed E-state index contributed by atoms with van der Waals surface area (Å²) in [4.78, 5) is 0.120. The van der Waals surface area contributed by atoms with Gasteiger partial charge in [-0.2, -0.15) is 4.31 Å². The van der Waals surface area contributed by atoms with Gasteiger partial charge < -0.3 is 14.6 Å². The number of sulfonamides is 1. The summed E-state index contributed by atoms with van der Waals surface area (Å²) in [7, 11) is -0.707. The van der Waals surface area contributed by atoms with Gasteiger partial charge in [0, 0.05) is 19.2 Å². The van der Waals surface area contributed by atoms with Crippen molar-refractivity contribution < 1.29 is 23.0 Å². The second-order valence-electron chi connectivity index (χ2n) is 5.21. The molecule has 0 aromatic heterocycles. The van der Waals surface area contributed by atoms with E-state index in [0.717, 1.165) is 0 Å². The molecule has 2 atom stereocenters. The van der Waals surface area contributed by atoms with Crippen molar-refractivity contribution >= 4 is 10.0 Å². The van der Waals surface area contributed by atoms with Crippen molar-refractivity contribution in [2.75, 3.05) is 27.3 Å². The number of hydrogen-bond acceptors (Lipinski definition) is 5. The summed E-state index contributed by atoms with van der Waals surface area (Å²) in [6, 6.07) is 4.63. The average Bonchev–Trinajstić information content (AvgIpc) is 2.49. The van der Waals surface area contributed by atoms with Crippen LogP contribution in [-0.2, 0) is 10.0 Å². The number of aliphatic hydroxyl groups excluding tert-OH is 1. The van der Waals surface area contributed by atoms with Gasteiger partial charge in [-0.25, -0.2) is 8.42 Å². The molecule has 1 heterocycles. The van der Waals surface area contributed by atoms with Crippen molar-refractivity contribution in [1.29, 1.82) is 0 Å². The van der Waals surface area contributed by atoms with Crippen LogP contribution in [0.15, 0.2) is 23.1 Å². The molecule has 1 N–H and O–H groups in total. The summed E-state index contributed by atoms with van der Waals surface area (Å²) < 4.78 is 37.1. The van der Waals surface area contributed by atoms with E-state index in [-0.39, 0.29) is 16.6 Å². The lowest BCUT2D eigenvalue weighted by molar-refractivity contribution is 0.0628. The summed E-state index contributed by atoms with van der Waals surface area (Å²) >= 11 is 0. The van der Waals surface area contributed by atoms with Gasteiger partial charge in [-0.3, -0.25) is 0 Å². The third-order valence-corrected chi connectivity index (χ3v) is 5.72. The minimum atomic E-state index is -3.64. The van der Waals surface area contributed by atoms with Crippen molar-refractivity contribution in [3.8, 4) is 11.5 Å². The minimum absolute atomic E-state index is 0.0854. The highest BCUT2D eigenvalue weighted by Crippen LogP contribution is 2.32. The lowest BCUT2D eigenvalue weighted by Crippen LogP contribution is -2.44. The molecule has 1 aromatic rings. The maximum absolute atomic E-state index is 12.7. The molecule has 0 amide bonds. The van der Waals surface area contributed by atoms with Crippen LogP contribution in [0.5, 0.6) is 11.5 Å². The van der Waals surface area contributed by atoms with Crippen molar-refractivity contribution in [3.05, 3.63) is 18.2 Å². The van der Waals surface area contributed by atoms with E-state index in [0.29, 0.717) is 25.3 Å². The van der Waals surface area contributed by atoms with E-state index in [1.165, 1.54) is 24.6 Å². The van der Waals surface area contributed by atoms with E-state index < -0.39 is 16.1 Å². The first-order valence-corrected chi connectivity index (χ1v) is 8.24. The molecule has 2 unspecified atom stereocenters. The van der Waals surface area contributed by atoms with Crippen molar-refractivity contribution in [3.63, 3.8) is 0 Å². The maximum atomic E-state index is 12.7. The number of piperidine rings is 1. The minimum Gasteiger partial charge on any atom is -0.497 e. The van der Waals surface area contributed by atoms with Gasteiger partial charge in [0.05, 0.1) is 20.3 Å². The first-order chi connectivity index (χ1) is 9.90. The summed E-state index contributed by atoms with van der Waals surface area (Å²) in [6.45, 7) is 2.46. The Morgan fingerprint density at radius 2 is 2.00 bits per heavy atom. The lowest BCUT2D eigenvalue weighted by atomic mass is 9.99. The first kappa shape index (κ1) is 16.1. The zero-order valence-electron chi connectivity index (χ0n) is 12.4. The Morgan fingerprint density at radius 3 is 2.57 bits per heavy atom. The molecule has 0 saturated carbocycles. The maximum Gasteiger partial charge on any atom is 0.246 e. The Hall–Kier alpha value is -1.31. The van der Waals surface area contributed by atoms with Crippen LogP contribution in [0.1, 0.15) is 13.3 Å². The predicted molar refractivity (Wildman–Crippen MR) is 78.1 cm³/mol. The smallest absolute Gasteiger partial charge is 0.246 e. The van der Waals surface area contributed by atoms with Gasteiger partial charge in [-0.1, -0.05) is 6.92 Å². The highest BCUT2D eigenvalue weighted by Gasteiger charge is 2.34. The largest absolute Gasteiger partial charge is 0.497 e. The fourth-order valence-corrected chi connectivity index (χ4v) is 4.13. The zero-order valence-corrected chi connectivity index (χ0v) is 13.3. The Kier molecular flexibility index (Phi) is 4.75. The molecule has 1 aromatic carbocycles. The monoisotopic (exact) mass is 315 g/mol.